The van der Waals surface area contributed by atoms with Crippen molar-refractivity contribution in [1.29, 1.82) is 0 Å². The summed E-state index contributed by atoms with van der Waals surface area (Å²) in [5, 5.41) is 0. The molecule has 1 heterocycles. The van der Waals surface area contributed by atoms with Crippen LogP contribution >= 0.6 is 0 Å². The molecule has 1 atom stereocenters. The fourth-order valence-electron chi connectivity index (χ4n) is 2.04. The highest BCUT2D eigenvalue weighted by Gasteiger charge is 2.23. The Morgan fingerprint density at radius 2 is 1.72 bits per heavy atom. The monoisotopic (exact) mass is 245 g/mol. The highest BCUT2D eigenvalue weighted by Crippen LogP contribution is 2.17. The van der Waals surface area contributed by atoms with Gasteiger partial charge in [-0.05, 0) is 12.5 Å². The largest absolute Gasteiger partial charge is 0.344 e. The van der Waals surface area contributed by atoms with E-state index in [9.17, 15) is 4.79 Å². The number of carbonyl (C=O) groups excluding carboxylic acids is 1. The first kappa shape index (κ1) is 12.6. The number of carbonyl (C=O) groups is 1. The normalized spacial score (nSPS) is 16.9. The predicted octanol–water partition coefficient (Wildman–Crippen LogP) is 1.55. The van der Waals surface area contributed by atoms with Crippen LogP contribution in [0.25, 0.3) is 0 Å². The minimum atomic E-state index is -0.193. The van der Waals surface area contributed by atoms with Crippen LogP contribution < -0.4 is 0 Å². The second kappa shape index (κ2) is 5.21. The van der Waals surface area contributed by atoms with Crippen molar-refractivity contribution in [2.24, 2.45) is 4.99 Å². The van der Waals surface area contributed by atoms with E-state index in [4.69, 9.17) is 0 Å². The summed E-state index contributed by atoms with van der Waals surface area (Å²) in [6.45, 7) is 3.74. The van der Waals surface area contributed by atoms with Gasteiger partial charge < -0.3 is 9.80 Å². The van der Waals surface area contributed by atoms with Crippen LogP contribution in [0.1, 0.15) is 18.4 Å². The summed E-state index contributed by atoms with van der Waals surface area (Å²) in [6.07, 6.45) is 0. The molecule has 2 rings (SSSR count). The van der Waals surface area contributed by atoms with Crippen LogP contribution in [0.2, 0.25) is 0 Å². The summed E-state index contributed by atoms with van der Waals surface area (Å²) in [4.78, 5) is 20.4. The van der Waals surface area contributed by atoms with Crippen LogP contribution in [0, 0.1) is 0 Å². The number of nitrogens with zero attached hydrogens (tertiary/aromatic N) is 3. The van der Waals surface area contributed by atoms with Gasteiger partial charge >= 0.3 is 0 Å². The number of amides is 1. The molecule has 1 saturated heterocycles. The Balaban J connectivity index is 2.15. The van der Waals surface area contributed by atoms with Gasteiger partial charge in [-0.15, -0.1) is 0 Å². The lowest BCUT2D eigenvalue weighted by Crippen LogP contribution is -2.30. The molecule has 1 fully saturated rings. The number of hydrogen-bond donors (Lipinski definition) is 0. The second-order valence-corrected chi connectivity index (χ2v) is 4.73. The third-order valence-corrected chi connectivity index (χ3v) is 3.33. The molecule has 0 spiro atoms. The molecule has 1 aromatic rings. The molecule has 1 aromatic carbocycles. The van der Waals surface area contributed by atoms with Crippen molar-refractivity contribution in [2.75, 3.05) is 27.2 Å². The topological polar surface area (TPSA) is 35.9 Å². The summed E-state index contributed by atoms with van der Waals surface area (Å²) in [7, 11) is 3.92. The Hall–Kier alpha value is -1.84. The lowest BCUT2D eigenvalue weighted by atomic mass is 10.0. The van der Waals surface area contributed by atoms with Gasteiger partial charge in [0, 0.05) is 27.2 Å². The van der Waals surface area contributed by atoms with E-state index >= 15 is 0 Å². The van der Waals surface area contributed by atoms with Gasteiger partial charge in [-0.2, -0.15) is 4.99 Å². The van der Waals surface area contributed by atoms with Gasteiger partial charge in [-0.3, -0.25) is 4.79 Å². The van der Waals surface area contributed by atoms with E-state index in [1.807, 2.05) is 61.2 Å². The Kier molecular flexibility index (Phi) is 3.65. The van der Waals surface area contributed by atoms with Crippen molar-refractivity contribution in [3.63, 3.8) is 0 Å². The second-order valence-electron chi connectivity index (χ2n) is 4.73. The molecule has 1 unspecified atom stereocenters. The summed E-state index contributed by atoms with van der Waals surface area (Å²) in [5.41, 5.74) is 1.01. The van der Waals surface area contributed by atoms with Gasteiger partial charge in [0.05, 0.1) is 5.92 Å². The zero-order valence-electron chi connectivity index (χ0n) is 11.1. The van der Waals surface area contributed by atoms with Crippen LogP contribution in [-0.2, 0) is 4.79 Å². The average molecular weight is 245 g/mol. The molecule has 96 valence electrons. The summed E-state index contributed by atoms with van der Waals surface area (Å²) >= 11 is 0. The molecule has 1 aliphatic rings. The fraction of sp³-hybridized carbons (Fsp3) is 0.429. The van der Waals surface area contributed by atoms with Crippen molar-refractivity contribution in [3.05, 3.63) is 35.9 Å². The van der Waals surface area contributed by atoms with Crippen LogP contribution in [0.4, 0.5) is 0 Å². The minimum Gasteiger partial charge on any atom is -0.344 e. The van der Waals surface area contributed by atoms with Crippen molar-refractivity contribution in [3.8, 4) is 0 Å². The average Bonchev–Trinajstić information content (AvgIpc) is 2.70. The van der Waals surface area contributed by atoms with E-state index in [-0.39, 0.29) is 11.8 Å². The fourth-order valence-corrected chi connectivity index (χ4v) is 2.04. The van der Waals surface area contributed by atoms with Gasteiger partial charge in [-0.1, -0.05) is 30.3 Å². The number of hydrogen-bond acceptors (Lipinski definition) is 1. The van der Waals surface area contributed by atoms with Crippen molar-refractivity contribution in [1.82, 2.24) is 9.80 Å². The molecule has 1 amide bonds. The summed E-state index contributed by atoms with van der Waals surface area (Å²) < 4.78 is 0. The molecule has 0 aliphatic carbocycles. The van der Waals surface area contributed by atoms with E-state index in [1.54, 1.807) is 0 Å². The molecule has 4 nitrogen and oxygen atoms in total. The van der Waals surface area contributed by atoms with Gasteiger partial charge in [0.2, 0.25) is 5.96 Å². The van der Waals surface area contributed by atoms with E-state index < -0.39 is 0 Å². The number of rotatable bonds is 2. The molecule has 0 radical (unpaired) electrons. The highest BCUT2D eigenvalue weighted by atomic mass is 16.1. The molecule has 1 aliphatic heterocycles. The molecular weight excluding hydrogens is 226 g/mol. The van der Waals surface area contributed by atoms with Crippen LogP contribution in [0.15, 0.2) is 35.3 Å². The number of likely N-dealkylation sites (N-methyl/N-ethyl adjacent to an activating group) is 2. The van der Waals surface area contributed by atoms with Crippen LogP contribution in [-0.4, -0.2) is 48.9 Å². The predicted molar refractivity (Wildman–Crippen MR) is 72.6 cm³/mol. The van der Waals surface area contributed by atoms with Gasteiger partial charge in [0.1, 0.15) is 0 Å². The van der Waals surface area contributed by atoms with E-state index in [1.165, 1.54) is 0 Å². The molecule has 4 heteroatoms. The molecular formula is C14H19N3O. The first-order chi connectivity index (χ1) is 8.59. The summed E-state index contributed by atoms with van der Waals surface area (Å²) in [6, 6.07) is 9.76. The van der Waals surface area contributed by atoms with E-state index in [2.05, 4.69) is 4.99 Å². The molecule has 0 aromatic heterocycles. The maximum Gasteiger partial charge on any atom is 0.256 e. The quantitative estimate of drug-likeness (QED) is 0.793. The smallest absolute Gasteiger partial charge is 0.256 e. The molecule has 18 heavy (non-hydrogen) atoms. The Bertz CT molecular complexity index is 443. The molecule has 0 bridgehead atoms. The maximum atomic E-state index is 12.1. The number of guanidine groups is 1. The standard InChI is InChI=1S/C14H19N3O/c1-11(12-7-5-4-6-8-12)13(18)15-14-16(2)9-10-17(14)3/h4-8,11H,9-10H2,1-3H3. The first-order valence-corrected chi connectivity index (χ1v) is 6.19. The van der Waals surface area contributed by atoms with Gasteiger partial charge in [-0.25, -0.2) is 0 Å². The zero-order valence-corrected chi connectivity index (χ0v) is 11.1. The lowest BCUT2D eigenvalue weighted by molar-refractivity contribution is -0.118. The number of benzene rings is 1. The first-order valence-electron chi connectivity index (χ1n) is 6.19. The van der Waals surface area contributed by atoms with Crippen LogP contribution in [0.3, 0.4) is 0 Å². The Labute approximate surface area is 108 Å². The Morgan fingerprint density at radius 1 is 1.17 bits per heavy atom. The molecule has 0 saturated carbocycles. The zero-order chi connectivity index (χ0) is 13.1. The van der Waals surface area contributed by atoms with Crippen LogP contribution in [0.5, 0.6) is 0 Å². The van der Waals surface area contributed by atoms with Gasteiger partial charge in [0.15, 0.2) is 0 Å². The third-order valence-electron chi connectivity index (χ3n) is 3.33. The highest BCUT2D eigenvalue weighted by molar-refractivity contribution is 5.96. The summed E-state index contributed by atoms with van der Waals surface area (Å²) in [5.74, 6) is 0.487. The number of aliphatic imine (C=N–C) groups is 1. The minimum absolute atomic E-state index is 0.0863. The Morgan fingerprint density at radius 3 is 2.28 bits per heavy atom. The lowest BCUT2D eigenvalue weighted by Gasteiger charge is -2.16. The van der Waals surface area contributed by atoms with Crippen molar-refractivity contribution in [2.45, 2.75) is 12.8 Å². The molecule has 0 N–H and O–H groups in total. The van der Waals surface area contributed by atoms with E-state index in [0.29, 0.717) is 0 Å². The third kappa shape index (κ3) is 2.53. The van der Waals surface area contributed by atoms with Crippen molar-refractivity contribution < 1.29 is 4.79 Å². The maximum absolute atomic E-state index is 12.1. The van der Waals surface area contributed by atoms with E-state index in [0.717, 1.165) is 24.6 Å². The van der Waals surface area contributed by atoms with Crippen molar-refractivity contribution >= 4 is 11.9 Å². The van der Waals surface area contributed by atoms with Gasteiger partial charge in [0.25, 0.3) is 5.91 Å². The SMILES string of the molecule is CC(C(=O)N=C1N(C)CCN1C)c1ccccc1.